The number of nitrogens with two attached hydrogens (primary N) is 1. The van der Waals surface area contributed by atoms with Crippen LogP contribution in [0, 0.1) is 0 Å². The Labute approximate surface area is 130 Å². The highest BCUT2D eigenvalue weighted by Crippen LogP contribution is 2.36. The van der Waals surface area contributed by atoms with Gasteiger partial charge in [-0.3, -0.25) is 4.57 Å². The fraction of sp³-hybridized carbons (Fsp3) is 0.583. The maximum atomic E-state index is 10.2. The summed E-state index contributed by atoms with van der Waals surface area (Å²) >= 11 is 1.43. The second-order valence-corrected chi connectivity index (χ2v) is 6.09. The summed E-state index contributed by atoms with van der Waals surface area (Å²) in [6.07, 6.45) is -2.86. The Morgan fingerprint density at radius 1 is 1.36 bits per heavy atom. The highest BCUT2D eigenvalue weighted by Gasteiger charge is 2.45. The zero-order valence-electron chi connectivity index (χ0n) is 11.8. The first-order chi connectivity index (χ1) is 10.6. The number of nitrogen functional groups attached to an aromatic ring is 1. The molecule has 0 aliphatic carbocycles. The second-order valence-electron chi connectivity index (χ2n) is 4.86. The fourth-order valence-corrected chi connectivity index (χ4v) is 3.20. The molecule has 2 aromatic rings. The monoisotopic (exact) mass is 327 g/mol. The molecule has 3 rings (SSSR count). The Morgan fingerprint density at radius 3 is 2.77 bits per heavy atom. The molecule has 1 aliphatic rings. The molecule has 22 heavy (non-hydrogen) atoms. The van der Waals surface area contributed by atoms with Gasteiger partial charge in [-0.1, -0.05) is 18.7 Å². The second kappa shape index (κ2) is 5.97. The first kappa shape index (κ1) is 15.4. The largest absolute Gasteiger partial charge is 0.394 e. The quantitative estimate of drug-likeness (QED) is 0.528. The summed E-state index contributed by atoms with van der Waals surface area (Å²) in [5.41, 5.74) is 6.65. The zero-order chi connectivity index (χ0) is 15.9. The Bertz CT molecular complexity index is 681. The van der Waals surface area contributed by atoms with Crippen molar-refractivity contribution in [2.75, 3.05) is 18.1 Å². The SMILES string of the molecule is CCSc1nc2c(N)ncnc2n1[C@@H]1O[C@H](CO)[C@@H](O)[C@H]1O. The van der Waals surface area contributed by atoms with Crippen LogP contribution in [-0.4, -0.2) is 65.5 Å². The molecule has 10 heteroatoms. The van der Waals surface area contributed by atoms with E-state index >= 15 is 0 Å². The van der Waals surface area contributed by atoms with Crippen molar-refractivity contribution in [3.8, 4) is 0 Å². The summed E-state index contributed by atoms with van der Waals surface area (Å²) in [5.74, 6) is 0.972. The molecule has 0 saturated carbocycles. The number of ether oxygens (including phenoxy) is 1. The molecular weight excluding hydrogens is 310 g/mol. The lowest BCUT2D eigenvalue weighted by atomic mass is 10.1. The number of aliphatic hydroxyl groups excluding tert-OH is 3. The number of aromatic nitrogens is 4. The van der Waals surface area contributed by atoms with Crippen molar-refractivity contribution < 1.29 is 20.1 Å². The third kappa shape index (κ3) is 2.32. The van der Waals surface area contributed by atoms with E-state index in [0.29, 0.717) is 16.3 Å². The number of anilines is 1. The highest BCUT2D eigenvalue weighted by molar-refractivity contribution is 7.99. The number of rotatable bonds is 4. The summed E-state index contributed by atoms with van der Waals surface area (Å²) in [4.78, 5) is 12.5. The summed E-state index contributed by atoms with van der Waals surface area (Å²) < 4.78 is 7.16. The molecule has 1 saturated heterocycles. The average molecular weight is 327 g/mol. The van der Waals surface area contributed by atoms with E-state index in [0.717, 1.165) is 5.75 Å². The molecule has 0 amide bonds. The van der Waals surface area contributed by atoms with Gasteiger partial charge in [0.15, 0.2) is 28.4 Å². The van der Waals surface area contributed by atoms with Gasteiger partial charge in [-0.05, 0) is 5.75 Å². The number of imidazole rings is 1. The van der Waals surface area contributed by atoms with Crippen molar-refractivity contribution in [3.63, 3.8) is 0 Å². The molecule has 0 aromatic carbocycles. The van der Waals surface area contributed by atoms with Crippen LogP contribution in [0.5, 0.6) is 0 Å². The summed E-state index contributed by atoms with van der Waals surface area (Å²) in [5, 5.41) is 30.0. The lowest BCUT2D eigenvalue weighted by Gasteiger charge is -2.18. The van der Waals surface area contributed by atoms with Crippen LogP contribution in [0.4, 0.5) is 5.82 Å². The van der Waals surface area contributed by atoms with E-state index in [1.807, 2.05) is 6.92 Å². The average Bonchev–Trinajstić information content (AvgIpc) is 3.00. The van der Waals surface area contributed by atoms with Gasteiger partial charge in [0.1, 0.15) is 24.6 Å². The van der Waals surface area contributed by atoms with E-state index in [9.17, 15) is 15.3 Å². The predicted molar refractivity (Wildman–Crippen MR) is 79.1 cm³/mol. The lowest BCUT2D eigenvalue weighted by molar-refractivity contribution is -0.0548. The molecular formula is C12H17N5O4S. The molecule has 0 unspecified atom stereocenters. The molecule has 0 bridgehead atoms. The van der Waals surface area contributed by atoms with Gasteiger partial charge in [0.25, 0.3) is 0 Å². The van der Waals surface area contributed by atoms with Gasteiger partial charge in [-0.2, -0.15) is 0 Å². The van der Waals surface area contributed by atoms with Crippen LogP contribution in [0.2, 0.25) is 0 Å². The molecule has 9 nitrogen and oxygen atoms in total. The Morgan fingerprint density at radius 2 is 2.14 bits per heavy atom. The number of fused-ring (bicyclic) bond motifs is 1. The first-order valence-corrected chi connectivity index (χ1v) is 7.80. The number of hydrogen-bond donors (Lipinski definition) is 4. The predicted octanol–water partition coefficient (Wildman–Crippen LogP) is -0.868. The van der Waals surface area contributed by atoms with E-state index in [1.165, 1.54) is 18.1 Å². The van der Waals surface area contributed by atoms with Crippen LogP contribution < -0.4 is 5.73 Å². The van der Waals surface area contributed by atoms with Crippen molar-refractivity contribution in [1.29, 1.82) is 0 Å². The normalized spacial score (nSPS) is 28.5. The van der Waals surface area contributed by atoms with E-state index in [4.69, 9.17) is 10.5 Å². The minimum atomic E-state index is -1.21. The molecule has 1 aliphatic heterocycles. The van der Waals surface area contributed by atoms with Crippen LogP contribution in [0.3, 0.4) is 0 Å². The minimum Gasteiger partial charge on any atom is -0.394 e. The third-order valence-electron chi connectivity index (χ3n) is 3.52. The summed E-state index contributed by atoms with van der Waals surface area (Å²) in [6, 6.07) is 0. The molecule has 2 aromatic heterocycles. The van der Waals surface area contributed by atoms with E-state index in [1.54, 1.807) is 4.57 Å². The Hall–Kier alpha value is -1.46. The van der Waals surface area contributed by atoms with Crippen LogP contribution in [0.1, 0.15) is 13.2 Å². The Balaban J connectivity index is 2.13. The number of aliphatic hydroxyl groups is 3. The maximum Gasteiger partial charge on any atom is 0.172 e. The van der Waals surface area contributed by atoms with Gasteiger partial charge in [0, 0.05) is 0 Å². The summed E-state index contributed by atoms with van der Waals surface area (Å²) in [6.45, 7) is 1.56. The minimum absolute atomic E-state index is 0.230. The molecule has 5 N–H and O–H groups in total. The number of thioether (sulfide) groups is 1. The fourth-order valence-electron chi connectivity index (χ4n) is 2.46. The zero-order valence-corrected chi connectivity index (χ0v) is 12.6. The topological polar surface area (TPSA) is 140 Å². The lowest BCUT2D eigenvalue weighted by Crippen LogP contribution is -2.33. The van der Waals surface area contributed by atoms with Crippen molar-refractivity contribution in [2.45, 2.75) is 36.6 Å². The standard InChI is InChI=1S/C12H17N5O4S/c1-2-22-12-16-6-9(13)14-4-15-10(6)17(12)11-8(20)7(19)5(3-18)21-11/h4-5,7-8,11,18-20H,2-3H2,1H3,(H2,13,14,15)/t5-,7-,8-,11-/m1/s1. The highest BCUT2D eigenvalue weighted by atomic mass is 32.2. The van der Waals surface area contributed by atoms with Crippen LogP contribution >= 0.6 is 11.8 Å². The van der Waals surface area contributed by atoms with E-state index < -0.39 is 31.1 Å². The molecule has 0 spiro atoms. The van der Waals surface area contributed by atoms with Crippen molar-refractivity contribution in [2.24, 2.45) is 0 Å². The van der Waals surface area contributed by atoms with Crippen molar-refractivity contribution >= 4 is 28.7 Å². The van der Waals surface area contributed by atoms with E-state index in [2.05, 4.69) is 15.0 Å². The molecule has 120 valence electrons. The molecule has 4 atom stereocenters. The summed E-state index contributed by atoms with van der Waals surface area (Å²) in [7, 11) is 0. The number of nitrogens with zero attached hydrogens (tertiary/aromatic N) is 4. The van der Waals surface area contributed by atoms with Crippen LogP contribution in [0.25, 0.3) is 11.2 Å². The molecule has 1 fully saturated rings. The van der Waals surface area contributed by atoms with Crippen molar-refractivity contribution in [3.05, 3.63) is 6.33 Å². The van der Waals surface area contributed by atoms with Gasteiger partial charge in [-0.15, -0.1) is 0 Å². The van der Waals surface area contributed by atoms with Gasteiger partial charge in [0.05, 0.1) is 6.61 Å². The van der Waals surface area contributed by atoms with E-state index in [-0.39, 0.29) is 5.82 Å². The molecule has 3 heterocycles. The van der Waals surface area contributed by atoms with Crippen LogP contribution in [0.15, 0.2) is 11.5 Å². The third-order valence-corrected chi connectivity index (χ3v) is 4.35. The Kier molecular flexibility index (Phi) is 4.19. The van der Waals surface area contributed by atoms with Gasteiger partial charge >= 0.3 is 0 Å². The van der Waals surface area contributed by atoms with Gasteiger partial charge < -0.3 is 25.8 Å². The van der Waals surface area contributed by atoms with Crippen molar-refractivity contribution in [1.82, 2.24) is 19.5 Å². The maximum absolute atomic E-state index is 10.2. The van der Waals surface area contributed by atoms with Gasteiger partial charge in [0.2, 0.25) is 0 Å². The first-order valence-electron chi connectivity index (χ1n) is 6.82. The smallest absolute Gasteiger partial charge is 0.172 e. The van der Waals surface area contributed by atoms with Crippen LogP contribution in [-0.2, 0) is 4.74 Å². The van der Waals surface area contributed by atoms with Gasteiger partial charge in [-0.25, -0.2) is 15.0 Å². The number of hydrogen-bond acceptors (Lipinski definition) is 9. The molecule has 0 radical (unpaired) electrons.